The second-order valence-corrected chi connectivity index (χ2v) is 5.55. The minimum Gasteiger partial charge on any atom is -0.490 e. The van der Waals surface area contributed by atoms with Gasteiger partial charge in [-0.2, -0.15) is 5.10 Å². The molecule has 1 unspecified atom stereocenters. The average molecular weight is 299 g/mol. The van der Waals surface area contributed by atoms with Crippen molar-refractivity contribution in [2.45, 2.75) is 33.4 Å². The molecule has 118 valence electrons. The third-order valence-electron chi connectivity index (χ3n) is 3.90. The number of nitrogens with zero attached hydrogens (tertiary/aromatic N) is 2. The van der Waals surface area contributed by atoms with E-state index in [2.05, 4.69) is 49.9 Å². The molecule has 0 spiro atoms. The van der Waals surface area contributed by atoms with E-state index in [4.69, 9.17) is 4.74 Å². The second-order valence-electron chi connectivity index (χ2n) is 5.55. The summed E-state index contributed by atoms with van der Waals surface area (Å²) in [5.41, 5.74) is 4.82. The Labute approximate surface area is 132 Å². The van der Waals surface area contributed by atoms with Gasteiger partial charge in [-0.1, -0.05) is 24.8 Å². The van der Waals surface area contributed by atoms with Crippen LogP contribution in [0.25, 0.3) is 0 Å². The number of aromatic nitrogens is 2. The number of rotatable bonds is 7. The van der Waals surface area contributed by atoms with Crippen molar-refractivity contribution in [2.75, 3.05) is 6.61 Å². The zero-order chi connectivity index (χ0) is 16.1. The number of hydrogen-bond donors (Lipinski definition) is 1. The summed E-state index contributed by atoms with van der Waals surface area (Å²) in [6.07, 6.45) is 1.75. The zero-order valence-corrected chi connectivity index (χ0v) is 13.9. The minimum atomic E-state index is 0.269. The molecular formula is C18H25N3O. The molecule has 0 aliphatic rings. The number of nitrogens with one attached hydrogen (secondary N) is 1. The summed E-state index contributed by atoms with van der Waals surface area (Å²) in [6.45, 7) is 11.3. The third-order valence-corrected chi connectivity index (χ3v) is 3.90. The molecule has 4 nitrogen and oxygen atoms in total. The van der Waals surface area contributed by atoms with Crippen molar-refractivity contribution in [3.63, 3.8) is 0 Å². The van der Waals surface area contributed by atoms with Crippen LogP contribution in [0.3, 0.4) is 0 Å². The van der Waals surface area contributed by atoms with Gasteiger partial charge in [0.15, 0.2) is 0 Å². The van der Waals surface area contributed by atoms with E-state index >= 15 is 0 Å². The molecule has 2 aromatic rings. The number of aryl methyl sites for hydroxylation is 2. The van der Waals surface area contributed by atoms with Crippen LogP contribution in [0, 0.1) is 13.8 Å². The van der Waals surface area contributed by atoms with E-state index in [1.807, 2.05) is 23.9 Å². The molecule has 0 aliphatic heterocycles. The lowest BCUT2D eigenvalue weighted by Crippen LogP contribution is -2.19. The van der Waals surface area contributed by atoms with Crippen molar-refractivity contribution in [2.24, 2.45) is 7.05 Å². The predicted octanol–water partition coefficient (Wildman–Crippen LogP) is 3.45. The van der Waals surface area contributed by atoms with Gasteiger partial charge < -0.3 is 10.1 Å². The summed E-state index contributed by atoms with van der Waals surface area (Å²) in [7, 11) is 1.99. The molecule has 0 bridgehead atoms. The van der Waals surface area contributed by atoms with Crippen LogP contribution in [0.4, 0.5) is 0 Å². The van der Waals surface area contributed by atoms with Gasteiger partial charge in [0.25, 0.3) is 0 Å². The summed E-state index contributed by atoms with van der Waals surface area (Å²) in [6, 6.07) is 8.42. The van der Waals surface area contributed by atoms with Gasteiger partial charge in [0, 0.05) is 30.9 Å². The summed E-state index contributed by atoms with van der Waals surface area (Å²) in [5.74, 6) is 0.871. The molecule has 0 amide bonds. The van der Waals surface area contributed by atoms with Gasteiger partial charge in [-0.05, 0) is 38.5 Å². The fourth-order valence-corrected chi connectivity index (χ4v) is 2.65. The summed E-state index contributed by atoms with van der Waals surface area (Å²) in [5, 5.41) is 8.04. The Kier molecular flexibility index (Phi) is 5.39. The molecule has 1 aromatic carbocycles. The minimum absolute atomic E-state index is 0.269. The Morgan fingerprint density at radius 3 is 2.55 bits per heavy atom. The topological polar surface area (TPSA) is 39.1 Å². The van der Waals surface area contributed by atoms with Crippen LogP contribution < -0.4 is 10.1 Å². The molecule has 2 rings (SSSR count). The van der Waals surface area contributed by atoms with E-state index < -0.39 is 0 Å². The van der Waals surface area contributed by atoms with Crippen LogP contribution in [-0.4, -0.2) is 16.4 Å². The zero-order valence-electron chi connectivity index (χ0n) is 13.9. The normalized spacial score (nSPS) is 12.2. The molecule has 4 heteroatoms. The molecule has 0 aliphatic carbocycles. The molecule has 1 atom stereocenters. The van der Waals surface area contributed by atoms with Gasteiger partial charge >= 0.3 is 0 Å². The van der Waals surface area contributed by atoms with Crippen molar-refractivity contribution in [1.82, 2.24) is 15.1 Å². The highest BCUT2D eigenvalue weighted by molar-refractivity contribution is 5.29. The first-order valence-corrected chi connectivity index (χ1v) is 7.59. The summed E-state index contributed by atoms with van der Waals surface area (Å²) in [4.78, 5) is 0. The second kappa shape index (κ2) is 7.27. The first-order chi connectivity index (χ1) is 10.5. The lowest BCUT2D eigenvalue weighted by molar-refractivity contribution is 0.363. The molecule has 0 saturated carbocycles. The highest BCUT2D eigenvalue weighted by atomic mass is 16.5. The quantitative estimate of drug-likeness (QED) is 0.796. The average Bonchev–Trinajstić information content (AvgIpc) is 2.76. The molecular weight excluding hydrogens is 274 g/mol. The van der Waals surface area contributed by atoms with Gasteiger partial charge in [-0.3, -0.25) is 4.68 Å². The lowest BCUT2D eigenvalue weighted by Gasteiger charge is -2.15. The van der Waals surface area contributed by atoms with Crippen molar-refractivity contribution in [1.29, 1.82) is 0 Å². The molecule has 1 aromatic heterocycles. The molecule has 0 saturated heterocycles. The fourth-order valence-electron chi connectivity index (χ4n) is 2.65. The highest BCUT2D eigenvalue weighted by Crippen LogP contribution is 2.21. The maximum absolute atomic E-state index is 5.49. The number of ether oxygens (including phenoxy) is 1. The van der Waals surface area contributed by atoms with Crippen molar-refractivity contribution in [3.05, 3.63) is 59.4 Å². The standard InChI is InChI=1S/C18H25N3O/c1-6-11-22-17-9-7-16(8-10-17)12-19-13(2)18-14(3)20-21(5)15(18)4/h6-10,13,19H,1,11-12H2,2-5H3. The molecule has 22 heavy (non-hydrogen) atoms. The van der Waals surface area contributed by atoms with Crippen LogP contribution in [0.5, 0.6) is 5.75 Å². The van der Waals surface area contributed by atoms with Crippen molar-refractivity contribution < 1.29 is 4.74 Å². The van der Waals surface area contributed by atoms with Gasteiger partial charge in [0.1, 0.15) is 12.4 Å². The maximum atomic E-state index is 5.49. The van der Waals surface area contributed by atoms with Crippen LogP contribution in [0.1, 0.15) is 35.5 Å². The SMILES string of the molecule is C=CCOc1ccc(CNC(C)c2c(C)nn(C)c2C)cc1. The number of benzene rings is 1. The maximum Gasteiger partial charge on any atom is 0.119 e. The van der Waals surface area contributed by atoms with E-state index in [1.165, 1.54) is 16.8 Å². The van der Waals surface area contributed by atoms with Crippen LogP contribution in [0.2, 0.25) is 0 Å². The molecule has 0 fully saturated rings. The van der Waals surface area contributed by atoms with Crippen molar-refractivity contribution >= 4 is 0 Å². The predicted molar refractivity (Wildman–Crippen MR) is 90.1 cm³/mol. The van der Waals surface area contributed by atoms with Gasteiger partial charge in [-0.15, -0.1) is 0 Å². The lowest BCUT2D eigenvalue weighted by atomic mass is 10.1. The van der Waals surface area contributed by atoms with E-state index in [0.29, 0.717) is 6.61 Å². The Morgan fingerprint density at radius 2 is 2.00 bits per heavy atom. The first kappa shape index (κ1) is 16.3. The van der Waals surface area contributed by atoms with Gasteiger partial charge in [0.2, 0.25) is 0 Å². The highest BCUT2D eigenvalue weighted by Gasteiger charge is 2.15. The molecule has 1 N–H and O–H groups in total. The number of hydrogen-bond acceptors (Lipinski definition) is 3. The van der Waals surface area contributed by atoms with E-state index in [1.54, 1.807) is 6.08 Å². The Balaban J connectivity index is 1.96. The first-order valence-electron chi connectivity index (χ1n) is 7.59. The van der Waals surface area contributed by atoms with E-state index in [-0.39, 0.29) is 6.04 Å². The van der Waals surface area contributed by atoms with E-state index in [9.17, 15) is 0 Å². The summed E-state index contributed by atoms with van der Waals surface area (Å²) >= 11 is 0. The van der Waals surface area contributed by atoms with Gasteiger partial charge in [-0.25, -0.2) is 0 Å². The van der Waals surface area contributed by atoms with Gasteiger partial charge in [0.05, 0.1) is 5.69 Å². The Hall–Kier alpha value is -2.07. The fraction of sp³-hybridized carbons (Fsp3) is 0.389. The van der Waals surface area contributed by atoms with Crippen LogP contribution in [-0.2, 0) is 13.6 Å². The molecule has 0 radical (unpaired) electrons. The van der Waals surface area contributed by atoms with E-state index in [0.717, 1.165) is 18.0 Å². The van der Waals surface area contributed by atoms with Crippen LogP contribution in [0.15, 0.2) is 36.9 Å². The summed E-state index contributed by atoms with van der Waals surface area (Å²) < 4.78 is 7.43. The Morgan fingerprint density at radius 1 is 1.32 bits per heavy atom. The molecule has 1 heterocycles. The largest absolute Gasteiger partial charge is 0.490 e. The smallest absolute Gasteiger partial charge is 0.119 e. The van der Waals surface area contributed by atoms with Crippen LogP contribution >= 0.6 is 0 Å². The van der Waals surface area contributed by atoms with Crippen molar-refractivity contribution in [3.8, 4) is 5.75 Å². The third kappa shape index (κ3) is 3.77. The monoisotopic (exact) mass is 299 g/mol. The Bertz CT molecular complexity index is 629.